The van der Waals surface area contributed by atoms with E-state index in [0.29, 0.717) is 25.9 Å². The van der Waals surface area contributed by atoms with Gasteiger partial charge >= 0.3 is 12.0 Å². The zero-order chi connectivity index (χ0) is 15.3. The molecule has 0 spiro atoms. The second kappa shape index (κ2) is 6.60. The number of carboxylic acids is 1. The van der Waals surface area contributed by atoms with E-state index in [0.717, 1.165) is 25.1 Å². The first-order chi connectivity index (χ1) is 10.1. The van der Waals surface area contributed by atoms with Crippen LogP contribution in [0, 0.1) is 0 Å². The van der Waals surface area contributed by atoms with Gasteiger partial charge in [0, 0.05) is 31.9 Å². The van der Waals surface area contributed by atoms with Crippen LogP contribution in [0.4, 0.5) is 4.79 Å². The summed E-state index contributed by atoms with van der Waals surface area (Å²) in [5.41, 5.74) is -1.04. The number of nitrogens with one attached hydrogen (secondary N) is 2. The molecule has 1 atom stereocenters. The molecule has 0 saturated carbocycles. The molecule has 2 rings (SSSR count). The molecule has 0 bridgehead atoms. The van der Waals surface area contributed by atoms with Gasteiger partial charge in [-0.3, -0.25) is 0 Å². The number of rotatable bonds is 6. The summed E-state index contributed by atoms with van der Waals surface area (Å²) in [5.74, 6) is -0.0212. The summed E-state index contributed by atoms with van der Waals surface area (Å²) in [6.07, 6.45) is 6.67. The van der Waals surface area contributed by atoms with Gasteiger partial charge in [0.05, 0.1) is 0 Å². The first kappa shape index (κ1) is 15.3. The van der Waals surface area contributed by atoms with E-state index in [1.807, 2.05) is 6.92 Å². The lowest BCUT2D eigenvalue weighted by Crippen LogP contribution is -2.55. The van der Waals surface area contributed by atoms with Crippen LogP contribution >= 0.6 is 0 Å². The summed E-state index contributed by atoms with van der Waals surface area (Å²) < 4.78 is 0. The third-order valence-electron chi connectivity index (χ3n) is 4.14. The van der Waals surface area contributed by atoms with Gasteiger partial charge in [-0.25, -0.2) is 14.6 Å². The number of aromatic nitrogens is 2. The molecule has 3 N–H and O–H groups in total. The van der Waals surface area contributed by atoms with Crippen LogP contribution in [-0.4, -0.2) is 50.6 Å². The SMILES string of the molecule is CCC1(C(=O)O)CCCN1C(=O)NCCCc1ncc[nH]1. The molecule has 21 heavy (non-hydrogen) atoms. The summed E-state index contributed by atoms with van der Waals surface area (Å²) in [7, 11) is 0. The van der Waals surface area contributed by atoms with Gasteiger partial charge in [-0.15, -0.1) is 0 Å². The number of amides is 2. The fourth-order valence-corrected chi connectivity index (χ4v) is 2.90. The van der Waals surface area contributed by atoms with Crippen molar-refractivity contribution < 1.29 is 14.7 Å². The van der Waals surface area contributed by atoms with Gasteiger partial charge in [0.1, 0.15) is 11.4 Å². The van der Waals surface area contributed by atoms with Crippen molar-refractivity contribution in [1.82, 2.24) is 20.2 Å². The van der Waals surface area contributed by atoms with Gasteiger partial charge in [0.25, 0.3) is 0 Å². The molecule has 0 aromatic carbocycles. The molecule has 0 radical (unpaired) electrons. The van der Waals surface area contributed by atoms with Gasteiger partial charge in [-0.2, -0.15) is 0 Å². The number of imidazole rings is 1. The van der Waals surface area contributed by atoms with Crippen molar-refractivity contribution in [3.63, 3.8) is 0 Å². The lowest BCUT2D eigenvalue weighted by atomic mass is 9.93. The lowest BCUT2D eigenvalue weighted by molar-refractivity contribution is -0.148. The van der Waals surface area contributed by atoms with Crippen LogP contribution in [0.15, 0.2) is 12.4 Å². The molecular formula is C14H22N4O3. The molecule has 2 amide bonds. The minimum absolute atomic E-state index is 0.281. The Morgan fingerprint density at radius 3 is 3.00 bits per heavy atom. The van der Waals surface area contributed by atoms with E-state index in [4.69, 9.17) is 0 Å². The second-order valence-electron chi connectivity index (χ2n) is 5.32. The van der Waals surface area contributed by atoms with Gasteiger partial charge < -0.3 is 20.3 Å². The summed E-state index contributed by atoms with van der Waals surface area (Å²) in [5, 5.41) is 12.3. The summed E-state index contributed by atoms with van der Waals surface area (Å²) in [4.78, 5) is 32.3. The van der Waals surface area contributed by atoms with Crippen molar-refractivity contribution in [1.29, 1.82) is 0 Å². The largest absolute Gasteiger partial charge is 0.479 e. The predicted octanol–water partition coefficient (Wildman–Crippen LogP) is 1.38. The highest BCUT2D eigenvalue weighted by Crippen LogP contribution is 2.32. The number of aryl methyl sites for hydroxylation is 1. The summed E-state index contributed by atoms with van der Waals surface area (Å²) in [6.45, 7) is 2.83. The maximum atomic E-state index is 12.2. The van der Waals surface area contributed by atoms with E-state index >= 15 is 0 Å². The Balaban J connectivity index is 1.83. The summed E-state index contributed by atoms with van der Waals surface area (Å²) in [6, 6.07) is -0.281. The van der Waals surface area contributed by atoms with E-state index in [1.54, 1.807) is 12.4 Å². The van der Waals surface area contributed by atoms with Crippen molar-refractivity contribution in [2.24, 2.45) is 0 Å². The van der Waals surface area contributed by atoms with Gasteiger partial charge in [0.2, 0.25) is 0 Å². The highest BCUT2D eigenvalue weighted by atomic mass is 16.4. The van der Waals surface area contributed by atoms with Crippen molar-refractivity contribution in [3.05, 3.63) is 18.2 Å². The Bertz CT molecular complexity index is 488. The van der Waals surface area contributed by atoms with Crippen LogP contribution in [0.3, 0.4) is 0 Å². The number of hydrogen-bond donors (Lipinski definition) is 3. The van der Waals surface area contributed by atoms with E-state index in [1.165, 1.54) is 4.90 Å². The fraction of sp³-hybridized carbons (Fsp3) is 0.643. The first-order valence-corrected chi connectivity index (χ1v) is 7.37. The van der Waals surface area contributed by atoms with Crippen molar-refractivity contribution >= 4 is 12.0 Å². The molecule has 1 aliphatic rings. The third kappa shape index (κ3) is 3.17. The molecular weight excluding hydrogens is 272 g/mol. The highest BCUT2D eigenvalue weighted by Gasteiger charge is 2.48. The predicted molar refractivity (Wildman–Crippen MR) is 76.9 cm³/mol. The smallest absolute Gasteiger partial charge is 0.329 e. The Morgan fingerprint density at radius 1 is 1.57 bits per heavy atom. The Hall–Kier alpha value is -2.05. The number of aromatic amines is 1. The summed E-state index contributed by atoms with van der Waals surface area (Å²) >= 11 is 0. The zero-order valence-corrected chi connectivity index (χ0v) is 12.3. The lowest BCUT2D eigenvalue weighted by Gasteiger charge is -2.33. The number of aliphatic carboxylic acids is 1. The van der Waals surface area contributed by atoms with Crippen LogP contribution in [0.2, 0.25) is 0 Å². The number of likely N-dealkylation sites (tertiary alicyclic amines) is 1. The fourth-order valence-electron chi connectivity index (χ4n) is 2.90. The number of urea groups is 1. The standard InChI is InChI=1S/C14H22N4O3/c1-2-14(12(19)20)6-4-10-18(14)13(21)17-7-3-5-11-15-8-9-16-11/h8-9H,2-7,10H2,1H3,(H,15,16)(H,17,21)(H,19,20). The Labute approximate surface area is 123 Å². The molecule has 1 unspecified atom stereocenters. The minimum atomic E-state index is -1.04. The number of hydrogen-bond acceptors (Lipinski definition) is 3. The number of carbonyl (C=O) groups excluding carboxylic acids is 1. The van der Waals surface area contributed by atoms with Crippen molar-refractivity contribution in [3.8, 4) is 0 Å². The van der Waals surface area contributed by atoms with Crippen molar-refractivity contribution in [2.45, 2.75) is 44.6 Å². The van der Waals surface area contributed by atoms with E-state index < -0.39 is 11.5 Å². The normalized spacial score (nSPS) is 21.5. The topological polar surface area (TPSA) is 98.3 Å². The molecule has 7 heteroatoms. The van der Waals surface area contributed by atoms with E-state index in [-0.39, 0.29) is 6.03 Å². The Morgan fingerprint density at radius 2 is 2.38 bits per heavy atom. The van der Waals surface area contributed by atoms with Crippen LogP contribution in [-0.2, 0) is 11.2 Å². The monoisotopic (exact) mass is 294 g/mol. The van der Waals surface area contributed by atoms with Crippen molar-refractivity contribution in [2.75, 3.05) is 13.1 Å². The molecule has 1 aliphatic heterocycles. The quantitative estimate of drug-likeness (QED) is 0.690. The average molecular weight is 294 g/mol. The number of carbonyl (C=O) groups is 2. The van der Waals surface area contributed by atoms with Crippen LogP contribution in [0.25, 0.3) is 0 Å². The van der Waals surface area contributed by atoms with Crippen LogP contribution in [0.1, 0.15) is 38.4 Å². The maximum absolute atomic E-state index is 12.2. The minimum Gasteiger partial charge on any atom is -0.479 e. The molecule has 1 fully saturated rings. The highest BCUT2D eigenvalue weighted by molar-refractivity contribution is 5.87. The number of carboxylic acid groups (broad SMARTS) is 1. The maximum Gasteiger partial charge on any atom is 0.329 e. The third-order valence-corrected chi connectivity index (χ3v) is 4.14. The molecule has 0 aliphatic carbocycles. The molecule has 1 aromatic rings. The second-order valence-corrected chi connectivity index (χ2v) is 5.32. The Kier molecular flexibility index (Phi) is 4.82. The number of nitrogens with zero attached hydrogens (tertiary/aromatic N) is 2. The van der Waals surface area contributed by atoms with Gasteiger partial charge in [-0.05, 0) is 25.7 Å². The molecule has 7 nitrogen and oxygen atoms in total. The molecule has 2 heterocycles. The molecule has 1 saturated heterocycles. The van der Waals surface area contributed by atoms with E-state index in [9.17, 15) is 14.7 Å². The average Bonchev–Trinajstić information content (AvgIpc) is 3.12. The number of H-pyrrole nitrogens is 1. The zero-order valence-electron chi connectivity index (χ0n) is 12.3. The first-order valence-electron chi connectivity index (χ1n) is 7.37. The van der Waals surface area contributed by atoms with Gasteiger partial charge in [0.15, 0.2) is 0 Å². The van der Waals surface area contributed by atoms with E-state index in [2.05, 4.69) is 15.3 Å². The van der Waals surface area contributed by atoms with Crippen LogP contribution in [0.5, 0.6) is 0 Å². The van der Waals surface area contributed by atoms with Gasteiger partial charge in [-0.1, -0.05) is 6.92 Å². The van der Waals surface area contributed by atoms with Crippen LogP contribution < -0.4 is 5.32 Å². The molecule has 1 aromatic heterocycles. The molecule has 116 valence electrons.